The summed E-state index contributed by atoms with van der Waals surface area (Å²) in [6.07, 6.45) is -1.96. The third-order valence-electron chi connectivity index (χ3n) is 7.92. The second kappa shape index (κ2) is 12.6. The van der Waals surface area contributed by atoms with Crippen LogP contribution < -0.4 is 0 Å². The number of fused-ring (bicyclic) bond motifs is 7. The second-order valence-corrected chi connectivity index (χ2v) is 12.6. The van der Waals surface area contributed by atoms with E-state index in [0.717, 1.165) is 27.5 Å². The van der Waals surface area contributed by atoms with E-state index >= 15 is 0 Å². The Hall–Kier alpha value is -4.51. The van der Waals surface area contributed by atoms with E-state index in [0.29, 0.717) is 16.8 Å². The maximum Gasteiger partial charge on any atom is 0.125 e. The van der Waals surface area contributed by atoms with Crippen LogP contribution >= 0.6 is 0 Å². The third kappa shape index (κ3) is 6.04. The van der Waals surface area contributed by atoms with Crippen LogP contribution in [-0.2, 0) is 31.9 Å². The van der Waals surface area contributed by atoms with Gasteiger partial charge in [0.05, 0.1) is 9.70 Å². The van der Waals surface area contributed by atoms with Crippen LogP contribution in [0.3, 0.4) is 0 Å². The molecule has 5 nitrogen and oxygen atoms in total. The van der Waals surface area contributed by atoms with Crippen molar-refractivity contribution in [1.29, 1.82) is 0 Å². The fraction of sp³-hybridized carbons (Fsp3) is 0.220. The fourth-order valence-electron chi connectivity index (χ4n) is 6.00. The van der Waals surface area contributed by atoms with Crippen molar-refractivity contribution in [3.63, 3.8) is 0 Å². The molecule has 7 aromatic rings. The second-order valence-electron chi connectivity index (χ2n) is 12.6. The predicted molar refractivity (Wildman–Crippen MR) is 185 cm³/mol. The van der Waals surface area contributed by atoms with Crippen LogP contribution in [0.2, 0.25) is 0 Å². The molecule has 6 heteroatoms. The summed E-state index contributed by atoms with van der Waals surface area (Å²) >= 11 is 0. The monoisotopic (exact) mass is 804 g/mol. The molecule has 0 fully saturated rings. The minimum absolute atomic E-state index is 0. The maximum absolute atomic E-state index is 8.90. The van der Waals surface area contributed by atoms with E-state index in [4.69, 9.17) is 19.5 Å². The van der Waals surface area contributed by atoms with Crippen LogP contribution in [0.4, 0.5) is 0 Å². The van der Waals surface area contributed by atoms with Gasteiger partial charge in [-0.2, -0.15) is 12.1 Å². The van der Waals surface area contributed by atoms with Crippen LogP contribution in [-0.4, -0.2) is 19.9 Å². The summed E-state index contributed by atoms with van der Waals surface area (Å²) < 4.78 is 93.0. The van der Waals surface area contributed by atoms with E-state index < -0.39 is 37.3 Å². The summed E-state index contributed by atoms with van der Waals surface area (Å²) in [7, 11) is 0. The SMILES string of the molecule is [2H]C([2H])([2H])c1cnc(-c2[c-]ccc3c2oc2c4c(ccc23)-c2ccccc2C4(C)C)cc1C([2H])([2H])C(C)(C)C.[2H]c1nc([2H])c([2H])c(-c2[c-]c([2H])c([2H])c([2H])n2)n1.[Ir]. The van der Waals surface area contributed by atoms with Crippen LogP contribution in [0.1, 0.15) is 72.0 Å². The molecule has 0 aliphatic heterocycles. The molecular weight excluding hydrogens is 757 g/mol. The summed E-state index contributed by atoms with van der Waals surface area (Å²) in [6, 6.07) is 22.6. The van der Waals surface area contributed by atoms with Crippen molar-refractivity contribution < 1.29 is 39.6 Å². The van der Waals surface area contributed by atoms with Crippen LogP contribution in [0, 0.1) is 24.4 Å². The smallest absolute Gasteiger partial charge is 0.125 e. The molecule has 0 atom stereocenters. The van der Waals surface area contributed by atoms with Gasteiger partial charge < -0.3 is 9.40 Å². The normalized spacial score (nSPS) is 16.9. The number of benzene rings is 3. The zero-order valence-corrected chi connectivity index (χ0v) is 28.7. The van der Waals surface area contributed by atoms with E-state index in [9.17, 15) is 0 Å². The average molecular weight is 804 g/mol. The van der Waals surface area contributed by atoms with E-state index in [-0.39, 0.29) is 66.2 Å². The van der Waals surface area contributed by atoms with E-state index in [2.05, 4.69) is 82.3 Å². The zero-order valence-electron chi connectivity index (χ0n) is 37.3. The number of hydrogen-bond donors (Lipinski definition) is 0. The summed E-state index contributed by atoms with van der Waals surface area (Å²) in [5.41, 5.74) is 5.88. The number of hydrogen-bond acceptors (Lipinski definition) is 5. The Labute approximate surface area is 305 Å². The van der Waals surface area contributed by atoms with Crippen molar-refractivity contribution in [2.45, 2.75) is 53.3 Å². The molecule has 1 aliphatic carbocycles. The van der Waals surface area contributed by atoms with Crippen LogP contribution in [0.15, 0.2) is 102 Å². The van der Waals surface area contributed by atoms with E-state index in [1.54, 1.807) is 26.8 Å². The number of rotatable bonds is 3. The zero-order chi connectivity index (χ0) is 41.6. The Morgan fingerprint density at radius 2 is 1.77 bits per heavy atom. The predicted octanol–water partition coefficient (Wildman–Crippen LogP) is 9.99. The molecular formula is C41H36IrN4O-2. The largest absolute Gasteiger partial charge is 0.500 e. The first kappa shape index (κ1) is 21.4. The van der Waals surface area contributed by atoms with Gasteiger partial charge in [-0.15, -0.1) is 24.2 Å². The Morgan fingerprint density at radius 3 is 2.57 bits per heavy atom. The summed E-state index contributed by atoms with van der Waals surface area (Å²) in [5, 5.41) is 1.90. The molecule has 1 aliphatic rings. The van der Waals surface area contributed by atoms with Gasteiger partial charge in [0.25, 0.3) is 0 Å². The first-order valence-corrected chi connectivity index (χ1v) is 14.7. The quantitative estimate of drug-likeness (QED) is 0.167. The molecule has 47 heavy (non-hydrogen) atoms. The molecule has 0 unspecified atom stereocenters. The van der Waals surface area contributed by atoms with Gasteiger partial charge in [0.1, 0.15) is 13.3 Å². The number of nitrogens with zero attached hydrogens (tertiary/aromatic N) is 4. The number of pyridine rings is 2. The van der Waals surface area contributed by atoms with Crippen molar-refractivity contribution in [1.82, 2.24) is 19.9 Å². The Bertz CT molecular complexity index is 2740. The maximum atomic E-state index is 8.90. The van der Waals surface area contributed by atoms with Gasteiger partial charge in [-0.25, -0.2) is 4.98 Å². The van der Waals surface area contributed by atoms with Crippen molar-refractivity contribution in [2.24, 2.45) is 5.41 Å². The molecule has 0 saturated heterocycles. The minimum atomic E-state index is -2.50. The molecule has 4 aromatic heterocycles. The van der Waals surface area contributed by atoms with Crippen molar-refractivity contribution in [3.8, 4) is 33.8 Å². The molecule has 0 N–H and O–H groups in total. The molecule has 0 spiro atoms. The van der Waals surface area contributed by atoms with Crippen LogP contribution in [0.25, 0.3) is 55.7 Å². The topological polar surface area (TPSA) is 64.7 Å². The summed E-state index contributed by atoms with van der Waals surface area (Å²) in [4.78, 5) is 15.2. The number of aromatic nitrogens is 4. The van der Waals surface area contributed by atoms with Gasteiger partial charge in [0.2, 0.25) is 0 Å². The van der Waals surface area contributed by atoms with Crippen molar-refractivity contribution in [2.75, 3.05) is 0 Å². The first-order valence-electron chi connectivity index (χ1n) is 20.2. The van der Waals surface area contributed by atoms with Gasteiger partial charge in [-0.1, -0.05) is 99.6 Å². The molecule has 3 aromatic carbocycles. The Morgan fingerprint density at radius 1 is 0.936 bits per heavy atom. The molecule has 8 rings (SSSR count). The molecule has 237 valence electrons. The average Bonchev–Trinajstić information content (AvgIpc) is 3.63. The van der Waals surface area contributed by atoms with Gasteiger partial charge in [-0.05, 0) is 65.5 Å². The van der Waals surface area contributed by atoms with Crippen molar-refractivity contribution in [3.05, 3.63) is 132 Å². The van der Waals surface area contributed by atoms with Gasteiger partial charge in [0.15, 0.2) is 0 Å². The summed E-state index contributed by atoms with van der Waals surface area (Å²) in [6.45, 7) is 7.23. The van der Waals surface area contributed by atoms with Gasteiger partial charge >= 0.3 is 0 Å². The first-order chi connectivity index (χ1) is 26.5. The van der Waals surface area contributed by atoms with Gasteiger partial charge in [0, 0.05) is 57.1 Å². The van der Waals surface area contributed by atoms with Crippen LogP contribution in [0.5, 0.6) is 0 Å². The molecule has 1 radical (unpaired) electrons. The number of furan rings is 1. The van der Waals surface area contributed by atoms with Crippen molar-refractivity contribution >= 4 is 21.9 Å². The molecule has 4 heterocycles. The fourth-order valence-corrected chi connectivity index (χ4v) is 6.00. The molecule has 0 amide bonds. The Kier molecular flexibility index (Phi) is 5.73. The minimum Gasteiger partial charge on any atom is -0.500 e. The van der Waals surface area contributed by atoms with Gasteiger partial charge in [-0.3, -0.25) is 9.97 Å². The van der Waals surface area contributed by atoms with E-state index in [1.165, 1.54) is 17.3 Å². The standard InChI is InChI=1S/C32H30NO.C9H6N3.Ir/c1-19-18-33-27(16-20(19)17-31(2,3)4)25-12-9-11-23-24-15-14-22-21-10-7-8-13-26(21)32(5,6)28(22)30(24)34-29(23)25;1-2-5-11-8(3-1)9-4-6-10-7-12-9;/h7-11,13-16,18H,17H2,1-6H3;1-2,4-7H;/q2*-1;/i1D3,17D2;1D,2D,4D,5D,6D,7D;. The molecule has 0 bridgehead atoms. The third-order valence-corrected chi connectivity index (χ3v) is 7.92. The van der Waals surface area contributed by atoms with E-state index in [1.807, 2.05) is 12.1 Å². The molecule has 0 saturated carbocycles. The number of aryl methyl sites for hydroxylation is 1. The Balaban J connectivity index is 0.000000251. The summed E-state index contributed by atoms with van der Waals surface area (Å²) in [5.74, 6) is 0.